The molecule has 0 spiro atoms. The summed E-state index contributed by atoms with van der Waals surface area (Å²) in [6, 6.07) is 4.12. The average molecular weight is 362 g/mol. The van der Waals surface area contributed by atoms with Gasteiger partial charge in [-0.2, -0.15) is 0 Å². The first-order chi connectivity index (χ1) is 10.3. The van der Waals surface area contributed by atoms with E-state index < -0.39 is 0 Å². The molecular formula is C15H25Cl2N5O. The minimum Gasteiger partial charge on any atom is -0.355 e. The van der Waals surface area contributed by atoms with E-state index in [0.717, 1.165) is 44.8 Å². The molecule has 3 rings (SSSR count). The monoisotopic (exact) mass is 361 g/mol. The third-order valence-electron chi connectivity index (χ3n) is 4.42. The van der Waals surface area contributed by atoms with Crippen LogP contribution in [-0.4, -0.2) is 60.3 Å². The van der Waals surface area contributed by atoms with Crippen molar-refractivity contribution in [3.8, 4) is 0 Å². The quantitative estimate of drug-likeness (QED) is 0.888. The fraction of sp³-hybridized carbons (Fsp3) is 0.667. The van der Waals surface area contributed by atoms with E-state index in [1.807, 2.05) is 24.1 Å². The number of rotatable bonds is 3. The number of hydrogen-bond acceptors (Lipinski definition) is 5. The van der Waals surface area contributed by atoms with Crippen molar-refractivity contribution in [3.05, 3.63) is 17.8 Å². The minimum absolute atomic E-state index is 0. The summed E-state index contributed by atoms with van der Waals surface area (Å²) in [6.07, 6.45) is 4.58. The summed E-state index contributed by atoms with van der Waals surface area (Å²) in [5, 5.41) is 11.6. The van der Waals surface area contributed by atoms with Crippen LogP contribution in [0.5, 0.6) is 0 Å². The van der Waals surface area contributed by atoms with E-state index in [-0.39, 0.29) is 30.7 Å². The number of nitrogens with zero attached hydrogens (tertiary/aromatic N) is 4. The molecule has 8 heteroatoms. The fourth-order valence-electron chi connectivity index (χ4n) is 3.11. The first-order valence-electron chi connectivity index (χ1n) is 7.83. The van der Waals surface area contributed by atoms with Crippen molar-refractivity contribution in [2.24, 2.45) is 0 Å². The molecule has 1 unspecified atom stereocenters. The number of piperidine rings is 1. The molecule has 130 valence electrons. The maximum Gasteiger partial charge on any atom is 0.274 e. The number of carbonyl (C=O) groups is 1. The van der Waals surface area contributed by atoms with Gasteiger partial charge in [0.05, 0.1) is 0 Å². The molecule has 2 fully saturated rings. The molecule has 23 heavy (non-hydrogen) atoms. The summed E-state index contributed by atoms with van der Waals surface area (Å²) in [4.78, 5) is 16.6. The van der Waals surface area contributed by atoms with Crippen molar-refractivity contribution in [1.29, 1.82) is 0 Å². The molecule has 2 saturated heterocycles. The number of carbonyl (C=O) groups excluding carboxylic acids is 1. The van der Waals surface area contributed by atoms with Crippen molar-refractivity contribution in [3.63, 3.8) is 0 Å². The highest BCUT2D eigenvalue weighted by Crippen LogP contribution is 2.18. The van der Waals surface area contributed by atoms with Gasteiger partial charge in [0.2, 0.25) is 0 Å². The number of aromatic nitrogens is 2. The number of hydrogen-bond donors (Lipinski definition) is 1. The Morgan fingerprint density at radius 2 is 1.87 bits per heavy atom. The Bertz CT molecular complexity index is 493. The lowest BCUT2D eigenvalue weighted by molar-refractivity contribution is 0.0691. The van der Waals surface area contributed by atoms with Crippen LogP contribution in [0.25, 0.3) is 0 Å². The van der Waals surface area contributed by atoms with Crippen LogP contribution in [-0.2, 0) is 0 Å². The van der Waals surface area contributed by atoms with Crippen LogP contribution in [0, 0.1) is 0 Å². The number of likely N-dealkylation sites (tertiary alicyclic amines) is 1. The van der Waals surface area contributed by atoms with E-state index >= 15 is 0 Å². The van der Waals surface area contributed by atoms with Gasteiger partial charge in [-0.25, -0.2) is 0 Å². The lowest BCUT2D eigenvalue weighted by Crippen LogP contribution is -2.47. The molecule has 0 aromatic carbocycles. The molecule has 0 saturated carbocycles. The third-order valence-corrected chi connectivity index (χ3v) is 4.42. The molecule has 1 amide bonds. The Morgan fingerprint density at radius 1 is 1.13 bits per heavy atom. The van der Waals surface area contributed by atoms with Gasteiger partial charge in [-0.05, 0) is 44.9 Å². The molecule has 0 bridgehead atoms. The van der Waals surface area contributed by atoms with Crippen LogP contribution >= 0.6 is 24.8 Å². The summed E-state index contributed by atoms with van der Waals surface area (Å²) < 4.78 is 0. The van der Waals surface area contributed by atoms with Crippen molar-refractivity contribution in [1.82, 2.24) is 20.4 Å². The molecular weight excluding hydrogens is 337 g/mol. The Hall–Kier alpha value is -1.11. The maximum absolute atomic E-state index is 12.5. The van der Waals surface area contributed by atoms with Crippen molar-refractivity contribution < 1.29 is 4.79 Å². The van der Waals surface area contributed by atoms with E-state index in [1.165, 1.54) is 12.8 Å². The number of halogens is 2. The zero-order chi connectivity index (χ0) is 14.7. The lowest BCUT2D eigenvalue weighted by Gasteiger charge is -2.32. The Balaban J connectivity index is 0.00000132. The number of likely N-dealkylation sites (N-methyl/N-ethyl adjacent to an activating group) is 1. The van der Waals surface area contributed by atoms with Gasteiger partial charge in [0.15, 0.2) is 11.5 Å². The molecule has 2 aliphatic rings. The van der Waals surface area contributed by atoms with Gasteiger partial charge >= 0.3 is 0 Å². The van der Waals surface area contributed by atoms with Crippen LogP contribution in [0.4, 0.5) is 5.82 Å². The SMILES string of the molecule is CNC1CCCN(C(=O)c2ccc(N3CCCC3)nn2)C1.Cl.Cl. The van der Waals surface area contributed by atoms with Crippen molar-refractivity contribution >= 4 is 36.5 Å². The van der Waals surface area contributed by atoms with Crippen LogP contribution in [0.15, 0.2) is 12.1 Å². The Kier molecular flexibility index (Phi) is 8.02. The van der Waals surface area contributed by atoms with E-state index in [9.17, 15) is 4.79 Å². The first-order valence-corrected chi connectivity index (χ1v) is 7.83. The van der Waals surface area contributed by atoms with Crippen LogP contribution in [0.2, 0.25) is 0 Å². The van der Waals surface area contributed by atoms with Crippen molar-refractivity contribution in [2.75, 3.05) is 38.1 Å². The van der Waals surface area contributed by atoms with Crippen molar-refractivity contribution in [2.45, 2.75) is 31.7 Å². The molecule has 6 nitrogen and oxygen atoms in total. The first kappa shape index (κ1) is 19.9. The summed E-state index contributed by atoms with van der Waals surface area (Å²) >= 11 is 0. The highest BCUT2D eigenvalue weighted by Gasteiger charge is 2.24. The van der Waals surface area contributed by atoms with Gasteiger partial charge in [0.1, 0.15) is 0 Å². The topological polar surface area (TPSA) is 61.4 Å². The molecule has 0 aliphatic carbocycles. The van der Waals surface area contributed by atoms with Crippen LogP contribution in [0.1, 0.15) is 36.2 Å². The predicted octanol–water partition coefficient (Wildman–Crippen LogP) is 1.74. The summed E-state index contributed by atoms with van der Waals surface area (Å²) in [7, 11) is 1.95. The average Bonchev–Trinajstić information content (AvgIpc) is 3.09. The van der Waals surface area contributed by atoms with Gasteiger partial charge in [-0.3, -0.25) is 4.79 Å². The summed E-state index contributed by atoms with van der Waals surface area (Å²) in [6.45, 7) is 3.65. The summed E-state index contributed by atoms with van der Waals surface area (Å²) in [5.74, 6) is 0.881. The van der Waals surface area contributed by atoms with Crippen LogP contribution in [0.3, 0.4) is 0 Å². The molecule has 1 aromatic heterocycles. The molecule has 1 aromatic rings. The zero-order valence-corrected chi connectivity index (χ0v) is 15.0. The Morgan fingerprint density at radius 3 is 2.48 bits per heavy atom. The lowest BCUT2D eigenvalue weighted by atomic mass is 10.1. The van der Waals surface area contributed by atoms with E-state index in [4.69, 9.17) is 0 Å². The number of nitrogens with one attached hydrogen (secondary N) is 1. The van der Waals surface area contributed by atoms with Gasteiger partial charge in [-0.1, -0.05) is 0 Å². The maximum atomic E-state index is 12.5. The third kappa shape index (κ3) is 4.68. The molecule has 2 aliphatic heterocycles. The highest BCUT2D eigenvalue weighted by molar-refractivity contribution is 5.92. The second-order valence-electron chi connectivity index (χ2n) is 5.85. The minimum atomic E-state index is -0.00424. The smallest absolute Gasteiger partial charge is 0.274 e. The normalized spacial score (nSPS) is 20.7. The molecule has 0 radical (unpaired) electrons. The van der Waals surface area contributed by atoms with Gasteiger partial charge in [-0.15, -0.1) is 35.0 Å². The molecule has 1 atom stereocenters. The highest BCUT2D eigenvalue weighted by atomic mass is 35.5. The second kappa shape index (κ2) is 9.25. The predicted molar refractivity (Wildman–Crippen MR) is 96.0 cm³/mol. The second-order valence-corrected chi connectivity index (χ2v) is 5.85. The fourth-order valence-corrected chi connectivity index (χ4v) is 3.11. The molecule has 3 heterocycles. The standard InChI is InChI=1S/C15H23N5O.2ClH/c1-16-12-5-4-10-20(11-12)15(21)13-6-7-14(18-17-13)19-8-2-3-9-19;;/h6-7,12,16H,2-5,8-11H2,1H3;2*1H. The van der Waals surface area contributed by atoms with E-state index in [0.29, 0.717) is 11.7 Å². The van der Waals surface area contributed by atoms with E-state index in [2.05, 4.69) is 20.4 Å². The summed E-state index contributed by atoms with van der Waals surface area (Å²) in [5.41, 5.74) is 0.453. The van der Waals surface area contributed by atoms with E-state index in [1.54, 1.807) is 0 Å². The molecule has 1 N–H and O–H groups in total. The van der Waals surface area contributed by atoms with Gasteiger partial charge in [0, 0.05) is 32.2 Å². The Labute approximate surface area is 149 Å². The zero-order valence-electron chi connectivity index (χ0n) is 13.4. The van der Waals surface area contributed by atoms with Gasteiger partial charge in [0.25, 0.3) is 5.91 Å². The number of amides is 1. The number of anilines is 1. The van der Waals surface area contributed by atoms with Crippen LogP contribution < -0.4 is 10.2 Å². The largest absolute Gasteiger partial charge is 0.355 e. The van der Waals surface area contributed by atoms with Gasteiger partial charge < -0.3 is 15.1 Å².